The molecule has 12 nitrogen and oxygen atoms in total. The minimum absolute atomic E-state index is 0.0729. The van der Waals surface area contributed by atoms with Gasteiger partial charge in [-0.25, -0.2) is 4.79 Å². The van der Waals surface area contributed by atoms with E-state index in [1.807, 2.05) is 78.9 Å². The predicted octanol–water partition coefficient (Wildman–Crippen LogP) is 5.09. The number of rotatable bonds is 13. The summed E-state index contributed by atoms with van der Waals surface area (Å²) in [6.07, 6.45) is -1.88. The topological polar surface area (TPSA) is 150 Å². The molecule has 1 aliphatic heterocycles. The molecule has 0 bridgehead atoms. The largest absolute Gasteiger partial charge is 0.746 e. The molecule has 4 aromatic carbocycles. The standard InChI is InChI=1S/C37H37N2O10P/c1-25-23-39(36(41)38-35(25)40)34-22-32(49-50(42,43)48-31-12-8-5-9-13-31)33(47-34)24-46-37(26-10-6-4-7-11-26,27-14-18-29(44-2)19-15-27)28-16-20-30(45-3)21-17-28/h4-21,23,32-34H,22,24H2,1-3H3,(H,42,43)(H,38,40,41)/p-1/t32-,33+,34+/m0/s1. The van der Waals surface area contributed by atoms with Gasteiger partial charge in [-0.05, 0) is 60.0 Å². The van der Waals surface area contributed by atoms with Crippen LogP contribution in [0.2, 0.25) is 0 Å². The van der Waals surface area contributed by atoms with E-state index in [4.69, 9.17) is 28.0 Å². The number of phosphoric ester groups is 1. The first-order valence-corrected chi connectivity index (χ1v) is 17.3. The Balaban J connectivity index is 1.41. The number of para-hydroxylation sites is 1. The number of aromatic nitrogens is 2. The van der Waals surface area contributed by atoms with Gasteiger partial charge in [0.25, 0.3) is 5.56 Å². The molecular formula is C37H36N2O10P-. The maximum Gasteiger partial charge on any atom is 0.330 e. The van der Waals surface area contributed by atoms with Gasteiger partial charge in [0.05, 0.1) is 26.9 Å². The monoisotopic (exact) mass is 699 g/mol. The lowest BCUT2D eigenvalue weighted by atomic mass is 9.80. The van der Waals surface area contributed by atoms with E-state index < -0.39 is 43.1 Å². The summed E-state index contributed by atoms with van der Waals surface area (Å²) < 4.78 is 49.5. The molecule has 1 N–H and O–H groups in total. The van der Waals surface area contributed by atoms with Crippen LogP contribution in [0.4, 0.5) is 0 Å². The molecule has 6 rings (SSSR count). The van der Waals surface area contributed by atoms with E-state index >= 15 is 0 Å². The van der Waals surface area contributed by atoms with Crippen LogP contribution in [0.3, 0.4) is 0 Å². The summed E-state index contributed by atoms with van der Waals surface area (Å²) in [5, 5.41) is 0. The molecule has 260 valence electrons. The minimum atomic E-state index is -4.96. The zero-order valence-corrected chi connectivity index (χ0v) is 28.5. The van der Waals surface area contributed by atoms with E-state index in [-0.39, 0.29) is 24.3 Å². The molecule has 1 aliphatic rings. The first-order valence-electron chi connectivity index (χ1n) is 15.8. The Bertz CT molecular complexity index is 2000. The van der Waals surface area contributed by atoms with Gasteiger partial charge in [-0.2, -0.15) is 0 Å². The average Bonchev–Trinajstić information content (AvgIpc) is 3.52. The van der Waals surface area contributed by atoms with Crippen molar-refractivity contribution in [2.75, 3.05) is 20.8 Å². The SMILES string of the molecule is COc1ccc(C(OC[C@H]2O[C@@H](n3cc(C)c(=O)[nH]c3=O)C[C@@H]2OP(=O)([O-])Oc2ccccc2)(c2ccccc2)c2ccc(OC)cc2)cc1. The van der Waals surface area contributed by atoms with Crippen LogP contribution in [0.1, 0.15) is 34.9 Å². The third-order valence-electron chi connectivity index (χ3n) is 8.50. The molecular weight excluding hydrogens is 663 g/mol. The van der Waals surface area contributed by atoms with E-state index in [1.165, 1.54) is 22.9 Å². The number of benzene rings is 4. The van der Waals surface area contributed by atoms with Crippen LogP contribution in [0.5, 0.6) is 17.2 Å². The lowest BCUT2D eigenvalue weighted by Gasteiger charge is -2.37. The van der Waals surface area contributed by atoms with E-state index in [0.29, 0.717) is 11.5 Å². The lowest BCUT2D eigenvalue weighted by molar-refractivity contribution is -0.223. The Morgan fingerprint density at radius 1 is 0.820 bits per heavy atom. The quantitative estimate of drug-likeness (QED) is 0.130. The summed E-state index contributed by atoms with van der Waals surface area (Å²) >= 11 is 0. The number of ether oxygens (including phenoxy) is 4. The van der Waals surface area contributed by atoms with Crippen molar-refractivity contribution in [1.29, 1.82) is 0 Å². The first kappa shape index (κ1) is 34.9. The van der Waals surface area contributed by atoms with E-state index in [9.17, 15) is 19.0 Å². The number of hydrogen-bond acceptors (Lipinski definition) is 10. The summed E-state index contributed by atoms with van der Waals surface area (Å²) in [5.74, 6) is 1.36. The van der Waals surface area contributed by atoms with Crippen molar-refractivity contribution >= 4 is 7.82 Å². The van der Waals surface area contributed by atoms with Crippen molar-refractivity contribution in [3.63, 3.8) is 0 Å². The van der Waals surface area contributed by atoms with E-state index in [1.54, 1.807) is 39.3 Å². The highest BCUT2D eigenvalue weighted by molar-refractivity contribution is 7.46. The average molecular weight is 700 g/mol. The normalized spacial score (nSPS) is 18.7. The van der Waals surface area contributed by atoms with Gasteiger partial charge in [0.1, 0.15) is 35.2 Å². The van der Waals surface area contributed by atoms with Crippen molar-refractivity contribution in [3.8, 4) is 17.2 Å². The summed E-state index contributed by atoms with van der Waals surface area (Å²) in [5.41, 5.74) is 0.0350. The zero-order chi connectivity index (χ0) is 35.3. The van der Waals surface area contributed by atoms with Gasteiger partial charge in [0.2, 0.25) is 0 Å². The highest BCUT2D eigenvalue weighted by atomic mass is 31.2. The fourth-order valence-electron chi connectivity index (χ4n) is 6.01. The Kier molecular flexibility index (Phi) is 10.4. The number of aromatic amines is 1. The highest BCUT2D eigenvalue weighted by Gasteiger charge is 2.44. The Morgan fingerprint density at radius 3 is 1.92 bits per heavy atom. The Morgan fingerprint density at radius 2 is 1.36 bits per heavy atom. The van der Waals surface area contributed by atoms with Crippen LogP contribution < -0.4 is 30.1 Å². The minimum Gasteiger partial charge on any atom is -0.746 e. The first-order chi connectivity index (χ1) is 24.1. The van der Waals surface area contributed by atoms with Crippen molar-refractivity contribution in [2.24, 2.45) is 0 Å². The number of nitrogens with zero attached hydrogens (tertiary/aromatic N) is 1. The van der Waals surface area contributed by atoms with Crippen LogP contribution in [-0.2, 0) is 24.2 Å². The molecule has 4 atom stereocenters. The molecule has 5 aromatic rings. The smallest absolute Gasteiger partial charge is 0.330 e. The number of nitrogens with one attached hydrogen (secondary N) is 1. The second kappa shape index (κ2) is 14.9. The molecule has 0 aliphatic carbocycles. The number of H-pyrrole nitrogens is 1. The number of phosphoric acid groups is 1. The maximum atomic E-state index is 13.2. The number of methoxy groups -OCH3 is 2. The third kappa shape index (κ3) is 7.45. The number of aryl methyl sites for hydroxylation is 1. The van der Waals surface area contributed by atoms with Crippen molar-refractivity contribution in [1.82, 2.24) is 9.55 Å². The van der Waals surface area contributed by atoms with Gasteiger partial charge in [0.15, 0.2) is 0 Å². The highest BCUT2D eigenvalue weighted by Crippen LogP contribution is 2.47. The second-order valence-corrected chi connectivity index (χ2v) is 12.9. The van der Waals surface area contributed by atoms with Crippen molar-refractivity contribution in [3.05, 3.63) is 158 Å². The molecule has 50 heavy (non-hydrogen) atoms. The third-order valence-corrected chi connectivity index (χ3v) is 9.46. The molecule has 0 spiro atoms. The van der Waals surface area contributed by atoms with Crippen molar-refractivity contribution in [2.45, 2.75) is 37.4 Å². The maximum absolute atomic E-state index is 13.2. The molecule has 0 radical (unpaired) electrons. The fraction of sp³-hybridized carbons (Fsp3) is 0.243. The molecule has 13 heteroatoms. The van der Waals surface area contributed by atoms with Crippen LogP contribution >= 0.6 is 7.82 Å². The Labute approximate surface area is 288 Å². The second-order valence-electron chi connectivity index (χ2n) is 11.7. The van der Waals surface area contributed by atoms with Crippen LogP contribution in [0, 0.1) is 6.92 Å². The molecule has 1 fully saturated rings. The van der Waals surface area contributed by atoms with Gasteiger partial charge in [0, 0.05) is 18.2 Å². The Hall–Kier alpha value is -4.97. The molecule has 1 aromatic heterocycles. The van der Waals surface area contributed by atoms with Gasteiger partial charge < -0.3 is 32.9 Å². The van der Waals surface area contributed by atoms with Gasteiger partial charge in [-0.15, -0.1) is 0 Å². The van der Waals surface area contributed by atoms with Gasteiger partial charge in [-0.1, -0.05) is 72.8 Å². The molecule has 0 amide bonds. The molecule has 0 saturated carbocycles. The lowest BCUT2D eigenvalue weighted by Crippen LogP contribution is -2.39. The summed E-state index contributed by atoms with van der Waals surface area (Å²) in [4.78, 5) is 40.5. The molecule has 1 saturated heterocycles. The molecule has 1 unspecified atom stereocenters. The number of hydrogen-bond donors (Lipinski definition) is 1. The van der Waals surface area contributed by atoms with Gasteiger partial charge >= 0.3 is 13.5 Å². The predicted molar refractivity (Wildman–Crippen MR) is 182 cm³/mol. The summed E-state index contributed by atoms with van der Waals surface area (Å²) in [6, 6.07) is 32.4. The summed E-state index contributed by atoms with van der Waals surface area (Å²) in [7, 11) is -1.80. The zero-order valence-electron chi connectivity index (χ0n) is 27.6. The van der Waals surface area contributed by atoms with Gasteiger partial charge in [-0.3, -0.25) is 18.9 Å². The van der Waals surface area contributed by atoms with E-state index in [2.05, 4.69) is 4.98 Å². The molecule has 2 heterocycles. The van der Waals surface area contributed by atoms with E-state index in [0.717, 1.165) is 16.7 Å². The van der Waals surface area contributed by atoms with Crippen LogP contribution in [-0.4, -0.2) is 42.6 Å². The summed E-state index contributed by atoms with van der Waals surface area (Å²) in [6.45, 7) is 1.35. The fourth-order valence-corrected chi connectivity index (χ4v) is 6.99. The van der Waals surface area contributed by atoms with Crippen molar-refractivity contribution < 1.29 is 37.5 Å². The van der Waals surface area contributed by atoms with Crippen LogP contribution in [0.15, 0.2) is 125 Å². The van der Waals surface area contributed by atoms with Crippen LogP contribution in [0.25, 0.3) is 0 Å².